The Morgan fingerprint density at radius 2 is 1.67 bits per heavy atom. The van der Waals surface area contributed by atoms with E-state index in [4.69, 9.17) is 14.9 Å². The van der Waals surface area contributed by atoms with E-state index in [1.807, 2.05) is 13.8 Å². The lowest BCUT2D eigenvalue weighted by molar-refractivity contribution is -0.175. The van der Waals surface area contributed by atoms with E-state index < -0.39 is 42.5 Å². The average molecular weight is 346 g/mol. The number of hydrogen-bond acceptors (Lipinski definition) is 6. The summed E-state index contributed by atoms with van der Waals surface area (Å²) in [6, 6.07) is 0. The van der Waals surface area contributed by atoms with Gasteiger partial charge in [0.2, 0.25) is 0 Å². The molecule has 8 nitrogen and oxygen atoms in total. The quantitative estimate of drug-likeness (QED) is 0.451. The second-order valence-electron chi connectivity index (χ2n) is 5.92. The van der Waals surface area contributed by atoms with Crippen LogP contribution >= 0.6 is 0 Å². The molecule has 0 saturated carbocycles. The molecular weight excluding hydrogens is 320 g/mol. The number of Topliss-reactive ketones (excluding diaryl/α,β-unsaturated/α-hetero) is 1. The first-order chi connectivity index (χ1) is 11.1. The first-order valence-electron chi connectivity index (χ1n) is 7.94. The number of aliphatic carboxylic acids is 2. The van der Waals surface area contributed by atoms with Gasteiger partial charge in [0.05, 0.1) is 12.8 Å². The zero-order chi connectivity index (χ0) is 18.9. The molecule has 3 N–H and O–H groups in total. The van der Waals surface area contributed by atoms with Crippen molar-refractivity contribution in [1.29, 1.82) is 0 Å². The van der Waals surface area contributed by atoms with Crippen molar-refractivity contribution in [1.82, 2.24) is 0 Å². The lowest BCUT2D eigenvalue weighted by Gasteiger charge is -2.26. The standard InChI is InChI=1S/C16H26O8/c1-4-6-7-11(5-2)14(10(3)17)24-13(20)9-16(23,15(21)22)8-12(18)19/h11,14,23H,4-9H2,1-3H3,(H,18,19)(H,21,22). The Bertz CT molecular complexity index is 473. The summed E-state index contributed by atoms with van der Waals surface area (Å²) in [5, 5.41) is 27.5. The number of aliphatic hydroxyl groups is 1. The van der Waals surface area contributed by atoms with E-state index in [9.17, 15) is 24.3 Å². The number of carboxylic acids is 2. The Morgan fingerprint density at radius 1 is 1.08 bits per heavy atom. The summed E-state index contributed by atoms with van der Waals surface area (Å²) in [6.45, 7) is 5.11. The van der Waals surface area contributed by atoms with Crippen molar-refractivity contribution in [2.75, 3.05) is 0 Å². The van der Waals surface area contributed by atoms with E-state index in [0.29, 0.717) is 12.8 Å². The zero-order valence-corrected chi connectivity index (χ0v) is 14.3. The van der Waals surface area contributed by atoms with Crippen molar-refractivity contribution in [3.05, 3.63) is 0 Å². The molecule has 3 unspecified atom stereocenters. The summed E-state index contributed by atoms with van der Waals surface area (Å²) in [4.78, 5) is 45.5. The molecule has 138 valence electrons. The molecule has 0 radical (unpaired) electrons. The first kappa shape index (κ1) is 22.0. The smallest absolute Gasteiger partial charge is 0.336 e. The van der Waals surface area contributed by atoms with Crippen LogP contribution in [0.1, 0.15) is 59.3 Å². The van der Waals surface area contributed by atoms with Crippen LogP contribution in [-0.4, -0.2) is 50.7 Å². The second-order valence-corrected chi connectivity index (χ2v) is 5.92. The third-order valence-corrected chi connectivity index (χ3v) is 3.82. The van der Waals surface area contributed by atoms with Gasteiger partial charge in [-0.2, -0.15) is 0 Å². The van der Waals surface area contributed by atoms with Gasteiger partial charge in [-0.15, -0.1) is 0 Å². The van der Waals surface area contributed by atoms with Crippen LogP contribution in [0.2, 0.25) is 0 Å². The van der Waals surface area contributed by atoms with Crippen molar-refractivity contribution < 1.29 is 39.2 Å². The van der Waals surface area contributed by atoms with Crippen LogP contribution in [0.15, 0.2) is 0 Å². The highest BCUT2D eigenvalue weighted by molar-refractivity contribution is 5.90. The molecule has 0 aromatic carbocycles. The Balaban J connectivity index is 5.08. The van der Waals surface area contributed by atoms with Gasteiger partial charge < -0.3 is 20.1 Å². The summed E-state index contributed by atoms with van der Waals surface area (Å²) >= 11 is 0. The minimum Gasteiger partial charge on any atom is -0.481 e. The number of ketones is 1. The Hall–Kier alpha value is -1.96. The van der Waals surface area contributed by atoms with E-state index in [1.54, 1.807) is 0 Å². The zero-order valence-electron chi connectivity index (χ0n) is 14.3. The van der Waals surface area contributed by atoms with Gasteiger partial charge in [0.25, 0.3) is 0 Å². The molecule has 24 heavy (non-hydrogen) atoms. The molecule has 3 atom stereocenters. The van der Waals surface area contributed by atoms with E-state index in [2.05, 4.69) is 0 Å². The van der Waals surface area contributed by atoms with Gasteiger partial charge in [-0.1, -0.05) is 26.7 Å². The maximum atomic E-state index is 12.0. The minimum absolute atomic E-state index is 0.205. The summed E-state index contributed by atoms with van der Waals surface area (Å²) in [7, 11) is 0. The van der Waals surface area contributed by atoms with E-state index in [1.165, 1.54) is 6.92 Å². The minimum atomic E-state index is -2.77. The number of rotatable bonds is 12. The first-order valence-corrected chi connectivity index (χ1v) is 7.94. The molecule has 0 saturated heterocycles. The summed E-state index contributed by atoms with van der Waals surface area (Å²) < 4.78 is 5.08. The SMILES string of the molecule is CCCCC(CC)C(OC(=O)CC(O)(CC(=O)O)C(=O)O)C(C)=O. The van der Waals surface area contributed by atoms with Gasteiger partial charge in [0, 0.05) is 5.92 Å². The van der Waals surface area contributed by atoms with Crippen molar-refractivity contribution >= 4 is 23.7 Å². The molecule has 0 aromatic rings. The molecule has 0 aliphatic heterocycles. The monoisotopic (exact) mass is 346 g/mol. The van der Waals surface area contributed by atoms with E-state index in [0.717, 1.165) is 12.8 Å². The van der Waals surface area contributed by atoms with Gasteiger partial charge in [-0.25, -0.2) is 4.79 Å². The molecule has 0 spiro atoms. The molecular formula is C16H26O8. The van der Waals surface area contributed by atoms with Crippen molar-refractivity contribution in [3.8, 4) is 0 Å². The largest absolute Gasteiger partial charge is 0.481 e. The van der Waals surface area contributed by atoms with Crippen LogP contribution in [0.4, 0.5) is 0 Å². The molecule has 0 rings (SSSR count). The molecule has 0 amide bonds. The predicted molar refractivity (Wildman–Crippen MR) is 83.3 cm³/mol. The van der Waals surface area contributed by atoms with Crippen molar-refractivity contribution in [2.45, 2.75) is 71.0 Å². The Labute approximate surface area is 140 Å². The van der Waals surface area contributed by atoms with Gasteiger partial charge in [-0.05, 0) is 19.8 Å². The van der Waals surface area contributed by atoms with Gasteiger partial charge >= 0.3 is 17.9 Å². The molecule has 0 aliphatic carbocycles. The number of ether oxygens (including phenoxy) is 1. The van der Waals surface area contributed by atoms with Gasteiger partial charge in [0.15, 0.2) is 17.5 Å². The number of unbranched alkanes of at least 4 members (excludes halogenated alkanes) is 1. The second kappa shape index (κ2) is 10.0. The van der Waals surface area contributed by atoms with E-state index in [-0.39, 0.29) is 11.7 Å². The number of hydrogen-bond donors (Lipinski definition) is 3. The maximum Gasteiger partial charge on any atom is 0.336 e. The molecule has 8 heteroatoms. The lowest BCUT2D eigenvalue weighted by atomic mass is 9.91. The highest BCUT2D eigenvalue weighted by atomic mass is 16.5. The molecule has 0 heterocycles. The van der Waals surface area contributed by atoms with Crippen LogP contribution < -0.4 is 0 Å². The van der Waals surface area contributed by atoms with E-state index >= 15 is 0 Å². The highest BCUT2D eigenvalue weighted by Crippen LogP contribution is 2.23. The number of carbonyl (C=O) groups is 4. The topological polar surface area (TPSA) is 138 Å². The number of esters is 1. The third kappa shape index (κ3) is 7.08. The van der Waals surface area contributed by atoms with Gasteiger partial charge in [-0.3, -0.25) is 14.4 Å². The summed E-state index contributed by atoms with van der Waals surface area (Å²) in [6.07, 6.45) is -0.196. The fourth-order valence-corrected chi connectivity index (χ4v) is 2.43. The van der Waals surface area contributed by atoms with Crippen molar-refractivity contribution in [2.24, 2.45) is 5.92 Å². The lowest BCUT2D eigenvalue weighted by Crippen LogP contribution is -2.44. The normalized spacial score (nSPS) is 15.8. The fourth-order valence-electron chi connectivity index (χ4n) is 2.43. The van der Waals surface area contributed by atoms with Crippen LogP contribution in [0.3, 0.4) is 0 Å². The third-order valence-electron chi connectivity index (χ3n) is 3.82. The maximum absolute atomic E-state index is 12.0. The van der Waals surface area contributed by atoms with Crippen LogP contribution in [-0.2, 0) is 23.9 Å². The number of carbonyl (C=O) groups excluding carboxylic acids is 2. The highest BCUT2D eigenvalue weighted by Gasteiger charge is 2.42. The van der Waals surface area contributed by atoms with Crippen LogP contribution in [0.5, 0.6) is 0 Å². The van der Waals surface area contributed by atoms with Gasteiger partial charge in [0.1, 0.15) is 0 Å². The summed E-state index contributed by atoms with van der Waals surface area (Å²) in [5.74, 6) is -5.09. The molecule has 0 bridgehead atoms. The van der Waals surface area contributed by atoms with Crippen LogP contribution in [0.25, 0.3) is 0 Å². The molecule has 0 fully saturated rings. The Kier molecular flexibility index (Phi) is 9.20. The molecule has 0 aromatic heterocycles. The van der Waals surface area contributed by atoms with Crippen LogP contribution in [0, 0.1) is 5.92 Å². The predicted octanol–water partition coefficient (Wildman–Crippen LogP) is 1.38. The Morgan fingerprint density at radius 3 is 2.04 bits per heavy atom. The fraction of sp³-hybridized carbons (Fsp3) is 0.750. The number of carboxylic acid groups (broad SMARTS) is 2. The summed E-state index contributed by atoms with van der Waals surface area (Å²) in [5.41, 5.74) is -2.77. The average Bonchev–Trinajstić information content (AvgIpc) is 2.45. The van der Waals surface area contributed by atoms with Crippen molar-refractivity contribution in [3.63, 3.8) is 0 Å². The molecule has 0 aliphatic rings.